The van der Waals surface area contributed by atoms with Gasteiger partial charge in [0.15, 0.2) is 0 Å². The van der Waals surface area contributed by atoms with Gasteiger partial charge in [0.05, 0.1) is 6.42 Å². The summed E-state index contributed by atoms with van der Waals surface area (Å²) in [6, 6.07) is 3.00. The zero-order chi connectivity index (χ0) is 42.2. The minimum atomic E-state index is -1.59. The van der Waals surface area contributed by atoms with Crippen LogP contribution in [-0.4, -0.2) is 118 Å². The number of piperidine rings is 1. The first-order chi connectivity index (χ1) is 28.1. The summed E-state index contributed by atoms with van der Waals surface area (Å²) in [5, 5.41) is 8.15. The highest BCUT2D eigenvalue weighted by atomic mass is 19.1. The number of fused-ring (bicyclic) bond motifs is 3. The van der Waals surface area contributed by atoms with Crippen molar-refractivity contribution < 1.29 is 47.1 Å². The third kappa shape index (κ3) is 9.26. The highest BCUT2D eigenvalue weighted by Gasteiger charge is 2.57. The Morgan fingerprint density at radius 2 is 1.49 bits per heavy atom. The predicted octanol–water partition coefficient (Wildman–Crippen LogP) is 2.23. The molecular formula is C43H52F2N6O8. The van der Waals surface area contributed by atoms with Crippen LogP contribution in [0.3, 0.4) is 0 Å². The van der Waals surface area contributed by atoms with Gasteiger partial charge in [0, 0.05) is 32.1 Å². The smallest absolute Gasteiger partial charge is 0.329 e. The topological polar surface area (TPSA) is 175 Å². The molecule has 0 aromatic heterocycles. The molecule has 16 heteroatoms. The molecule has 6 amide bonds. The summed E-state index contributed by atoms with van der Waals surface area (Å²) in [4.78, 5) is 103. The second kappa shape index (κ2) is 17.1. The van der Waals surface area contributed by atoms with Crippen molar-refractivity contribution >= 4 is 41.4 Å². The van der Waals surface area contributed by atoms with Gasteiger partial charge in [0.1, 0.15) is 54.0 Å². The number of nitrogens with zero attached hydrogens (tertiary/aromatic N) is 3. The van der Waals surface area contributed by atoms with Crippen LogP contribution in [0, 0.1) is 24.0 Å². The summed E-state index contributed by atoms with van der Waals surface area (Å²) < 4.78 is 34.7. The Morgan fingerprint density at radius 3 is 2.19 bits per heavy atom. The molecule has 0 bridgehead atoms. The number of cyclic esters (lactones) is 1. The van der Waals surface area contributed by atoms with Crippen LogP contribution in [0.15, 0.2) is 42.5 Å². The first kappa shape index (κ1) is 41.7. The van der Waals surface area contributed by atoms with Gasteiger partial charge in [-0.1, -0.05) is 29.8 Å². The largest absolute Gasteiger partial charge is 0.458 e. The molecular weight excluding hydrogens is 767 g/mol. The Morgan fingerprint density at radius 1 is 0.831 bits per heavy atom. The number of nitrogens with one attached hydrogen (secondary N) is 3. The number of carbonyl (C=O) groups excluding carboxylic acids is 7. The molecule has 0 unspecified atom stereocenters. The lowest BCUT2D eigenvalue weighted by Gasteiger charge is -2.39. The Labute approximate surface area is 341 Å². The molecule has 7 rings (SSSR count). The maximum atomic E-state index is 14.8. The van der Waals surface area contributed by atoms with Crippen LogP contribution in [-0.2, 0) is 51.1 Å². The maximum absolute atomic E-state index is 14.8. The Bertz CT molecular complexity index is 1990. The van der Waals surface area contributed by atoms with Crippen LogP contribution in [0.1, 0.15) is 81.9 Å². The van der Waals surface area contributed by atoms with Crippen molar-refractivity contribution in [3.05, 3.63) is 70.8 Å². The standard InChI is InChI=1S/C43H52F2N6O8/c1-24-9-11-27(12-10-24)20-35(52)47-31(19-28-17-29(44)21-30(45)18-28)37(53)48-36-26(3)59-42(58)34-22-43(13-14-43)23-51(34)39(55)25(2)46-38(54)32-7-4-5-15-49(32)40(56)33-8-6-16-50(33)41(36)57/h9-12,17-18,21,25-26,31-34,36H,4-8,13-16,19-20,22-23H2,1-3H3,(H,46,54)(H,47,52)(H,48,53)/t25-,26-,31-,32-,33-,34-,36-/m0/s1. The molecule has 316 valence electrons. The molecule has 1 spiro atoms. The molecule has 3 N–H and O–H groups in total. The quantitative estimate of drug-likeness (QED) is 0.357. The fourth-order valence-electron chi connectivity index (χ4n) is 9.06. The number of rotatable bonds is 7. The van der Waals surface area contributed by atoms with Gasteiger partial charge in [0.25, 0.3) is 0 Å². The van der Waals surface area contributed by atoms with E-state index < -0.39 is 95.4 Å². The number of hydrogen-bond donors (Lipinski definition) is 3. The van der Waals surface area contributed by atoms with Gasteiger partial charge in [-0.2, -0.15) is 0 Å². The molecule has 1 aliphatic carbocycles. The number of benzene rings is 2. The van der Waals surface area contributed by atoms with Crippen molar-refractivity contribution in [3.8, 4) is 0 Å². The van der Waals surface area contributed by atoms with Gasteiger partial charge >= 0.3 is 5.97 Å². The van der Waals surface area contributed by atoms with Crippen molar-refractivity contribution in [2.24, 2.45) is 5.41 Å². The van der Waals surface area contributed by atoms with E-state index in [2.05, 4.69) is 16.0 Å². The number of ether oxygens (including phenoxy) is 1. The first-order valence-electron chi connectivity index (χ1n) is 20.6. The van der Waals surface area contributed by atoms with E-state index in [1.165, 1.54) is 21.6 Å². The van der Waals surface area contributed by atoms with Gasteiger partial charge < -0.3 is 35.4 Å². The number of carbonyl (C=O) groups is 7. The molecule has 0 radical (unpaired) electrons. The molecule has 14 nitrogen and oxygen atoms in total. The fraction of sp³-hybridized carbons (Fsp3) is 0.558. The van der Waals surface area contributed by atoms with Crippen molar-refractivity contribution in [2.75, 3.05) is 19.6 Å². The minimum Gasteiger partial charge on any atom is -0.458 e. The lowest BCUT2D eigenvalue weighted by atomic mass is 9.99. The zero-order valence-electron chi connectivity index (χ0n) is 33.6. The summed E-state index contributed by atoms with van der Waals surface area (Å²) >= 11 is 0. The molecule has 4 saturated heterocycles. The van der Waals surface area contributed by atoms with Crippen LogP contribution in [0.2, 0.25) is 0 Å². The minimum absolute atomic E-state index is 0.0571. The third-order valence-corrected chi connectivity index (χ3v) is 12.5. The van der Waals surface area contributed by atoms with Crippen molar-refractivity contribution in [1.29, 1.82) is 0 Å². The molecule has 7 atom stereocenters. The average Bonchev–Trinajstić information content (AvgIpc) is 3.58. The zero-order valence-corrected chi connectivity index (χ0v) is 33.6. The average molecular weight is 819 g/mol. The molecule has 59 heavy (non-hydrogen) atoms. The monoisotopic (exact) mass is 818 g/mol. The molecule has 5 fully saturated rings. The fourth-order valence-corrected chi connectivity index (χ4v) is 9.06. The number of esters is 1. The maximum Gasteiger partial charge on any atom is 0.329 e. The van der Waals surface area contributed by atoms with E-state index in [-0.39, 0.29) is 49.9 Å². The summed E-state index contributed by atoms with van der Waals surface area (Å²) in [6.45, 7) is 5.57. The second-order valence-corrected chi connectivity index (χ2v) is 17.0. The first-order valence-corrected chi connectivity index (χ1v) is 20.6. The number of aryl methyl sites for hydroxylation is 1. The van der Waals surface area contributed by atoms with E-state index >= 15 is 0 Å². The summed E-state index contributed by atoms with van der Waals surface area (Å²) in [5.74, 6) is -6.19. The van der Waals surface area contributed by atoms with Crippen LogP contribution in [0.5, 0.6) is 0 Å². The van der Waals surface area contributed by atoms with Gasteiger partial charge in [0.2, 0.25) is 35.4 Å². The second-order valence-electron chi connectivity index (χ2n) is 17.0. The Kier molecular flexibility index (Phi) is 12.1. The highest BCUT2D eigenvalue weighted by molar-refractivity contribution is 5.98. The Balaban J connectivity index is 1.21. The predicted molar refractivity (Wildman–Crippen MR) is 208 cm³/mol. The molecule has 1 saturated carbocycles. The summed E-state index contributed by atoms with van der Waals surface area (Å²) in [5.41, 5.74) is 1.42. The molecule has 5 aliphatic rings. The molecule has 4 heterocycles. The van der Waals surface area contributed by atoms with Crippen LogP contribution >= 0.6 is 0 Å². The SMILES string of the molecule is Cc1ccc(CC(=O)N[C@@H](Cc2cc(F)cc(F)c2)C(=O)N[C@@H]2C(=O)N3CCC[C@H]3C(=O)N3CCCC[C@H]3C(=O)N[C@@H](C)C(=O)N3CC4(CC4)C[C@H]3C(=O)O[C@H]2C)cc1. The van der Waals surface area contributed by atoms with Crippen LogP contribution < -0.4 is 16.0 Å². The lowest BCUT2D eigenvalue weighted by Crippen LogP contribution is -2.63. The normalized spacial score (nSPS) is 27.7. The number of amides is 6. The molecule has 2 aromatic rings. The van der Waals surface area contributed by atoms with Crippen molar-refractivity contribution in [2.45, 2.75) is 127 Å². The van der Waals surface area contributed by atoms with E-state index in [1.807, 2.05) is 19.1 Å². The molecule has 2 aromatic carbocycles. The Hall–Kier alpha value is -5.41. The van der Waals surface area contributed by atoms with Crippen LogP contribution in [0.25, 0.3) is 0 Å². The third-order valence-electron chi connectivity index (χ3n) is 12.5. The van der Waals surface area contributed by atoms with E-state index in [4.69, 9.17) is 4.74 Å². The van der Waals surface area contributed by atoms with E-state index in [9.17, 15) is 42.3 Å². The number of halogens is 2. The van der Waals surface area contributed by atoms with Gasteiger partial charge in [-0.25, -0.2) is 13.6 Å². The molecule has 4 aliphatic heterocycles. The lowest BCUT2D eigenvalue weighted by molar-refractivity contribution is -0.163. The van der Waals surface area contributed by atoms with Gasteiger partial charge in [-0.3, -0.25) is 28.8 Å². The summed E-state index contributed by atoms with van der Waals surface area (Å²) in [6.07, 6.45) is 2.50. The number of hydrogen-bond acceptors (Lipinski definition) is 8. The van der Waals surface area contributed by atoms with Gasteiger partial charge in [-0.15, -0.1) is 0 Å². The highest BCUT2D eigenvalue weighted by Crippen LogP contribution is 2.55. The van der Waals surface area contributed by atoms with E-state index in [0.29, 0.717) is 43.7 Å². The van der Waals surface area contributed by atoms with Gasteiger partial charge in [-0.05, 0) is 101 Å². The van der Waals surface area contributed by atoms with E-state index in [0.717, 1.165) is 30.5 Å². The summed E-state index contributed by atoms with van der Waals surface area (Å²) in [7, 11) is 0. The van der Waals surface area contributed by atoms with Crippen LogP contribution in [0.4, 0.5) is 8.78 Å². The van der Waals surface area contributed by atoms with E-state index in [1.54, 1.807) is 19.1 Å². The van der Waals surface area contributed by atoms with Crippen molar-refractivity contribution in [3.63, 3.8) is 0 Å². The van der Waals surface area contributed by atoms with Crippen molar-refractivity contribution in [1.82, 2.24) is 30.7 Å².